The molecule has 320 valence electrons. The maximum atomic E-state index is 12.8. The average Bonchev–Trinajstić information content (AvgIpc) is 3.86. The van der Waals surface area contributed by atoms with Crippen molar-refractivity contribution < 1.29 is 19.1 Å². The zero-order valence-electron chi connectivity index (χ0n) is 35.5. The summed E-state index contributed by atoms with van der Waals surface area (Å²) in [5.41, 5.74) is 15.0. The van der Waals surface area contributed by atoms with E-state index >= 15 is 0 Å². The molecule has 0 spiro atoms. The van der Waals surface area contributed by atoms with E-state index in [1.807, 2.05) is 60.7 Å². The average molecular weight is 877 g/mol. The van der Waals surface area contributed by atoms with Gasteiger partial charge in [0.1, 0.15) is 5.60 Å². The maximum Gasteiger partial charge on any atom is 0.412 e. The molecule has 0 radical (unpaired) electrons. The summed E-state index contributed by atoms with van der Waals surface area (Å²) < 4.78 is 7.63. The molecule has 0 aliphatic rings. The Kier molecular flexibility index (Phi) is 13.6. The van der Waals surface area contributed by atoms with Crippen molar-refractivity contribution in [2.75, 3.05) is 32.3 Å². The highest BCUT2D eigenvalue weighted by molar-refractivity contribution is 7.22. The van der Waals surface area contributed by atoms with Crippen molar-refractivity contribution in [3.63, 3.8) is 0 Å². The van der Waals surface area contributed by atoms with Gasteiger partial charge in [-0.1, -0.05) is 83.3 Å². The molecule has 0 unspecified atom stereocenters. The number of benzene rings is 6. The molecule has 3 amide bonds. The minimum absolute atomic E-state index is 0.182. The Balaban J connectivity index is 0.000000193. The molecule has 0 aliphatic carbocycles. The lowest BCUT2D eigenvalue weighted by Gasteiger charge is -2.20. The molecular weight excluding hydrogens is 829 g/mol. The van der Waals surface area contributed by atoms with Crippen LogP contribution in [0.4, 0.5) is 37.8 Å². The fourth-order valence-corrected chi connectivity index (χ4v) is 8.15. The summed E-state index contributed by atoms with van der Waals surface area (Å²) in [5, 5.41) is 16.8. The molecule has 0 atom stereocenters. The number of carbonyl (C=O) groups is 3. The Morgan fingerprint density at radius 1 is 0.571 bits per heavy atom. The second kappa shape index (κ2) is 19.6. The van der Waals surface area contributed by atoms with Crippen LogP contribution < -0.4 is 32.3 Å². The number of nitrogens with zero attached hydrogens (tertiary/aromatic N) is 2. The molecular formula is C49H48N8O4S2. The Hall–Kier alpha value is -7.29. The Bertz CT molecular complexity index is 2890. The molecule has 14 heteroatoms. The van der Waals surface area contributed by atoms with Crippen LogP contribution in [0, 0.1) is 13.8 Å². The summed E-state index contributed by atoms with van der Waals surface area (Å²) in [7, 11) is 0. The number of para-hydroxylation sites is 4. The third-order valence-corrected chi connectivity index (χ3v) is 11.4. The highest BCUT2D eigenvalue weighted by Crippen LogP contribution is 2.29. The van der Waals surface area contributed by atoms with Crippen LogP contribution in [-0.2, 0) is 17.8 Å². The van der Waals surface area contributed by atoms with Crippen LogP contribution in [0.1, 0.15) is 63.7 Å². The predicted octanol–water partition coefficient (Wildman–Crippen LogP) is 11.9. The zero-order valence-corrected chi connectivity index (χ0v) is 37.2. The number of ether oxygens (including phenoxy) is 1. The third-order valence-electron chi connectivity index (χ3n) is 9.43. The van der Waals surface area contributed by atoms with E-state index in [4.69, 9.17) is 10.5 Å². The van der Waals surface area contributed by atoms with Gasteiger partial charge in [0.05, 0.1) is 43.2 Å². The smallest absolute Gasteiger partial charge is 0.412 e. The van der Waals surface area contributed by atoms with Crippen molar-refractivity contribution in [2.24, 2.45) is 0 Å². The number of aryl methyl sites for hydroxylation is 2. The van der Waals surface area contributed by atoms with Gasteiger partial charge in [0, 0.05) is 24.2 Å². The molecule has 8 rings (SSSR count). The number of nitrogen functional groups attached to an aromatic ring is 1. The van der Waals surface area contributed by atoms with E-state index in [0.717, 1.165) is 37.1 Å². The molecule has 2 heterocycles. The molecule has 8 aromatic rings. The number of anilines is 6. The molecule has 7 N–H and O–H groups in total. The van der Waals surface area contributed by atoms with Crippen molar-refractivity contribution in [3.05, 3.63) is 167 Å². The highest BCUT2D eigenvalue weighted by atomic mass is 32.1. The van der Waals surface area contributed by atoms with Crippen molar-refractivity contribution in [2.45, 2.75) is 53.3 Å². The van der Waals surface area contributed by atoms with Crippen molar-refractivity contribution in [1.82, 2.24) is 9.97 Å². The van der Waals surface area contributed by atoms with Gasteiger partial charge in [-0.05, 0) is 130 Å². The second-order valence-electron chi connectivity index (χ2n) is 15.7. The number of hydrogen-bond acceptors (Lipinski definition) is 11. The Morgan fingerprint density at radius 3 is 1.46 bits per heavy atom. The molecule has 12 nitrogen and oxygen atoms in total. The molecule has 63 heavy (non-hydrogen) atoms. The van der Waals surface area contributed by atoms with Gasteiger partial charge in [0.15, 0.2) is 10.3 Å². The van der Waals surface area contributed by atoms with E-state index < -0.39 is 11.7 Å². The first-order chi connectivity index (χ1) is 30.2. The molecule has 0 bridgehead atoms. The van der Waals surface area contributed by atoms with Crippen molar-refractivity contribution in [3.8, 4) is 0 Å². The molecule has 6 aromatic carbocycles. The first kappa shape index (κ1) is 43.8. The number of hydrogen-bond donors (Lipinski definition) is 6. The normalized spacial score (nSPS) is 11.0. The number of amides is 3. The van der Waals surface area contributed by atoms with Crippen molar-refractivity contribution in [1.29, 1.82) is 0 Å². The number of carbonyl (C=O) groups excluding carboxylic acids is 3. The van der Waals surface area contributed by atoms with Crippen LogP contribution in [-0.4, -0.2) is 33.5 Å². The largest absolute Gasteiger partial charge is 0.444 e. The Labute approximate surface area is 374 Å². The van der Waals surface area contributed by atoms with E-state index in [2.05, 4.69) is 74.7 Å². The molecule has 2 aromatic heterocycles. The molecule has 0 fully saturated rings. The van der Waals surface area contributed by atoms with Crippen molar-refractivity contribution >= 4 is 94.0 Å². The summed E-state index contributed by atoms with van der Waals surface area (Å²) in [4.78, 5) is 46.6. The standard InChI is InChI=1S/C27H28N4O3S.C22H20N4OS/c1-17-9-14-22-23(15-17)35-25(30-22)28-16-18-10-12-19(13-11-18)24(32)29-20-7-5-6-8-21(20)31-26(33)34-27(2,3)4;1-14-6-11-19-20(12-14)28-22(26-19)24-13-15-7-9-16(10-8-15)21(27)25-18-5-3-2-4-17(18)23/h5-15H,16H2,1-4H3,(H,28,30)(H,29,32)(H,31,33);2-12H,13,23H2,1H3,(H,24,26)(H,25,27). The van der Waals surface area contributed by atoms with Gasteiger partial charge in [0.25, 0.3) is 11.8 Å². The lowest BCUT2D eigenvalue weighted by Crippen LogP contribution is -2.27. The summed E-state index contributed by atoms with van der Waals surface area (Å²) in [6.45, 7) is 10.8. The molecule has 0 saturated carbocycles. The summed E-state index contributed by atoms with van der Waals surface area (Å²) >= 11 is 3.27. The number of rotatable bonds is 11. The fourth-order valence-electron chi connectivity index (χ4n) is 6.23. The summed E-state index contributed by atoms with van der Waals surface area (Å²) in [6.07, 6.45) is -0.584. The fraction of sp³-hybridized carbons (Fsp3) is 0.163. The van der Waals surface area contributed by atoms with Gasteiger partial charge in [-0.15, -0.1) is 0 Å². The van der Waals surface area contributed by atoms with Gasteiger partial charge in [-0.2, -0.15) is 0 Å². The SMILES string of the molecule is Cc1ccc2nc(NCc3ccc(C(=O)Nc4ccccc4N)cc3)sc2c1.Cc1ccc2nc(NCc3ccc(C(=O)Nc4ccccc4NC(=O)OC(C)(C)C)cc3)sc2c1. The van der Waals surface area contributed by atoms with Crippen LogP contribution in [0.5, 0.6) is 0 Å². The summed E-state index contributed by atoms with van der Waals surface area (Å²) in [5.74, 6) is -0.455. The molecule has 0 aliphatic heterocycles. The van der Waals surface area contributed by atoms with Gasteiger partial charge in [-0.3, -0.25) is 14.9 Å². The maximum absolute atomic E-state index is 12.8. The van der Waals surface area contributed by atoms with E-state index in [1.54, 1.807) is 92.0 Å². The first-order valence-corrected chi connectivity index (χ1v) is 21.8. The number of aromatic nitrogens is 2. The van der Waals surface area contributed by atoms with Gasteiger partial charge in [0.2, 0.25) is 0 Å². The van der Waals surface area contributed by atoms with Crippen LogP contribution >= 0.6 is 22.7 Å². The van der Waals surface area contributed by atoms with E-state index in [1.165, 1.54) is 15.8 Å². The van der Waals surface area contributed by atoms with Gasteiger partial charge in [-0.25, -0.2) is 14.8 Å². The van der Waals surface area contributed by atoms with Crippen LogP contribution in [0.25, 0.3) is 20.4 Å². The number of nitrogens with two attached hydrogens (primary N) is 1. The number of nitrogens with one attached hydrogen (secondary N) is 5. The zero-order chi connectivity index (χ0) is 44.5. The predicted molar refractivity (Wildman–Crippen MR) is 259 cm³/mol. The van der Waals surface area contributed by atoms with Crippen LogP contribution in [0.15, 0.2) is 133 Å². The van der Waals surface area contributed by atoms with E-state index in [9.17, 15) is 14.4 Å². The number of thiazole rings is 2. The minimum atomic E-state index is -0.620. The quantitative estimate of drug-likeness (QED) is 0.0692. The minimum Gasteiger partial charge on any atom is -0.444 e. The topological polar surface area (TPSA) is 172 Å². The second-order valence-corrected chi connectivity index (χ2v) is 17.8. The summed E-state index contributed by atoms with van der Waals surface area (Å²) in [6, 6.07) is 41.5. The van der Waals surface area contributed by atoms with Crippen LogP contribution in [0.2, 0.25) is 0 Å². The Morgan fingerprint density at radius 2 is 1.00 bits per heavy atom. The third kappa shape index (κ3) is 12.2. The first-order valence-electron chi connectivity index (χ1n) is 20.2. The lowest BCUT2D eigenvalue weighted by atomic mass is 10.1. The highest BCUT2D eigenvalue weighted by Gasteiger charge is 2.18. The van der Waals surface area contributed by atoms with Crippen LogP contribution in [0.3, 0.4) is 0 Å². The molecule has 0 saturated heterocycles. The van der Waals surface area contributed by atoms with E-state index in [-0.39, 0.29) is 11.8 Å². The monoisotopic (exact) mass is 876 g/mol. The van der Waals surface area contributed by atoms with Gasteiger partial charge < -0.3 is 31.7 Å². The van der Waals surface area contributed by atoms with E-state index in [0.29, 0.717) is 47.0 Å². The lowest BCUT2D eigenvalue weighted by molar-refractivity contribution is 0.0635. The van der Waals surface area contributed by atoms with Gasteiger partial charge >= 0.3 is 6.09 Å². The number of fused-ring (bicyclic) bond motifs is 2.